The fraction of sp³-hybridized carbons (Fsp3) is 0.250. The lowest BCUT2D eigenvalue weighted by Gasteiger charge is -2.11. The maximum atomic E-state index is 13.5. The first kappa shape index (κ1) is 21.4. The van der Waals surface area contributed by atoms with Crippen LogP contribution in [0, 0.1) is 18.7 Å². The minimum atomic E-state index is -0.425. The zero-order chi connectivity index (χ0) is 22.7. The minimum Gasteiger partial charge on any atom is -0.352 e. The lowest BCUT2D eigenvalue weighted by atomic mass is 10.0. The molecule has 0 spiro atoms. The number of amides is 1. The molecular formula is C24H24FN5O2. The number of benzene rings is 2. The molecule has 4 rings (SSSR count). The largest absolute Gasteiger partial charge is 0.352 e. The van der Waals surface area contributed by atoms with E-state index in [-0.39, 0.29) is 23.0 Å². The zero-order valence-corrected chi connectivity index (χ0v) is 18.0. The molecule has 0 aliphatic rings. The molecule has 1 amide bonds. The summed E-state index contributed by atoms with van der Waals surface area (Å²) in [5, 5.41) is 11.1. The Morgan fingerprint density at radius 1 is 1.12 bits per heavy atom. The molecule has 0 radical (unpaired) electrons. The lowest BCUT2D eigenvalue weighted by molar-refractivity contribution is -0.122. The van der Waals surface area contributed by atoms with Gasteiger partial charge in [-0.1, -0.05) is 42.8 Å². The number of hydrogen-bond acceptors (Lipinski definition) is 4. The van der Waals surface area contributed by atoms with Crippen molar-refractivity contribution in [3.05, 3.63) is 94.0 Å². The molecule has 0 bridgehead atoms. The second-order valence-electron chi connectivity index (χ2n) is 8.04. The highest BCUT2D eigenvalue weighted by Crippen LogP contribution is 2.13. The summed E-state index contributed by atoms with van der Waals surface area (Å²) >= 11 is 0. The van der Waals surface area contributed by atoms with Crippen LogP contribution in [0.3, 0.4) is 0 Å². The van der Waals surface area contributed by atoms with E-state index in [4.69, 9.17) is 0 Å². The summed E-state index contributed by atoms with van der Waals surface area (Å²) in [4.78, 5) is 25.1. The molecular weight excluding hydrogens is 409 g/mol. The molecule has 2 aromatic carbocycles. The van der Waals surface area contributed by atoms with Crippen LogP contribution in [0.5, 0.6) is 0 Å². The van der Waals surface area contributed by atoms with Gasteiger partial charge in [0, 0.05) is 31.8 Å². The Hall–Kier alpha value is -3.81. The van der Waals surface area contributed by atoms with Crippen molar-refractivity contribution < 1.29 is 9.18 Å². The van der Waals surface area contributed by atoms with Gasteiger partial charge in [-0.15, -0.1) is 10.2 Å². The predicted octanol–water partition coefficient (Wildman–Crippen LogP) is 3.21. The average Bonchev–Trinajstić information content (AvgIpc) is 3.17. The Balaban J connectivity index is 1.42. The van der Waals surface area contributed by atoms with Gasteiger partial charge in [0.1, 0.15) is 11.6 Å². The second kappa shape index (κ2) is 9.13. The van der Waals surface area contributed by atoms with E-state index in [0.29, 0.717) is 30.9 Å². The first-order valence-electron chi connectivity index (χ1n) is 10.4. The van der Waals surface area contributed by atoms with E-state index in [9.17, 15) is 14.0 Å². The molecule has 2 heterocycles. The topological polar surface area (TPSA) is 81.3 Å². The number of carbonyl (C=O) groups excluding carboxylic acids is 1. The molecule has 0 aliphatic carbocycles. The first-order chi connectivity index (χ1) is 15.4. The van der Waals surface area contributed by atoms with E-state index >= 15 is 0 Å². The van der Waals surface area contributed by atoms with Gasteiger partial charge < -0.3 is 5.32 Å². The van der Waals surface area contributed by atoms with Crippen molar-refractivity contribution in [3.63, 3.8) is 0 Å². The average molecular weight is 433 g/mol. The number of fused-ring (bicyclic) bond motifs is 1. The number of rotatable bonds is 7. The van der Waals surface area contributed by atoms with Crippen LogP contribution in [0.25, 0.3) is 11.3 Å². The summed E-state index contributed by atoms with van der Waals surface area (Å²) in [5.41, 5.74) is 2.41. The number of hydrogen-bond donors (Lipinski definition) is 1. The van der Waals surface area contributed by atoms with Crippen molar-refractivity contribution >= 4 is 11.6 Å². The van der Waals surface area contributed by atoms with Gasteiger partial charge in [0.2, 0.25) is 11.6 Å². The van der Waals surface area contributed by atoms with Crippen molar-refractivity contribution in [2.45, 2.75) is 33.2 Å². The summed E-state index contributed by atoms with van der Waals surface area (Å²) in [6.07, 6.45) is 4.07. The number of halogens is 1. The van der Waals surface area contributed by atoms with E-state index in [1.165, 1.54) is 22.3 Å². The molecule has 0 saturated heterocycles. The SMILES string of the molecule is Cc1ccc(CNC(=O)C[C@@H](C)Cc2nnc3c(=O)n(-c4cccc(F)c4)ccn23)cc1. The van der Waals surface area contributed by atoms with Crippen LogP contribution in [0.4, 0.5) is 4.39 Å². The highest BCUT2D eigenvalue weighted by molar-refractivity contribution is 5.76. The third-order valence-corrected chi connectivity index (χ3v) is 5.30. The van der Waals surface area contributed by atoms with Crippen LogP contribution in [-0.4, -0.2) is 25.1 Å². The highest BCUT2D eigenvalue weighted by atomic mass is 19.1. The standard InChI is InChI=1S/C24H24FN5O2/c1-16-6-8-18(9-7-16)15-26-22(31)13-17(2)12-21-27-28-23-24(32)29(10-11-30(21)23)20-5-3-4-19(25)14-20/h3-11,14,17H,12-13,15H2,1-2H3,(H,26,31)/t17-/m0/s1. The number of nitrogens with zero attached hydrogens (tertiary/aromatic N) is 4. The smallest absolute Gasteiger partial charge is 0.300 e. The fourth-order valence-electron chi connectivity index (χ4n) is 3.58. The fourth-order valence-corrected chi connectivity index (χ4v) is 3.58. The quantitative estimate of drug-likeness (QED) is 0.485. The number of nitrogens with one attached hydrogen (secondary N) is 1. The Morgan fingerprint density at radius 3 is 2.66 bits per heavy atom. The van der Waals surface area contributed by atoms with E-state index in [1.54, 1.807) is 28.9 Å². The van der Waals surface area contributed by atoms with E-state index in [1.807, 2.05) is 38.1 Å². The summed E-state index contributed by atoms with van der Waals surface area (Å²) in [7, 11) is 0. The predicted molar refractivity (Wildman–Crippen MR) is 119 cm³/mol. The van der Waals surface area contributed by atoms with Crippen LogP contribution in [0.1, 0.15) is 30.3 Å². The molecule has 1 N–H and O–H groups in total. The lowest BCUT2D eigenvalue weighted by Crippen LogP contribution is -2.25. The van der Waals surface area contributed by atoms with Gasteiger partial charge in [-0.2, -0.15) is 0 Å². The van der Waals surface area contributed by atoms with Gasteiger partial charge in [0.15, 0.2) is 0 Å². The Labute approximate surface area is 184 Å². The highest BCUT2D eigenvalue weighted by Gasteiger charge is 2.16. The second-order valence-corrected chi connectivity index (χ2v) is 8.04. The van der Waals surface area contributed by atoms with Crippen molar-refractivity contribution in [2.75, 3.05) is 0 Å². The summed E-state index contributed by atoms with van der Waals surface area (Å²) in [6, 6.07) is 13.8. The van der Waals surface area contributed by atoms with Crippen molar-refractivity contribution in [1.82, 2.24) is 24.5 Å². The van der Waals surface area contributed by atoms with Crippen LogP contribution < -0.4 is 10.9 Å². The Morgan fingerprint density at radius 2 is 1.91 bits per heavy atom. The van der Waals surface area contributed by atoms with Crippen LogP contribution >= 0.6 is 0 Å². The Bertz CT molecular complexity index is 1310. The van der Waals surface area contributed by atoms with Gasteiger partial charge in [-0.05, 0) is 36.6 Å². The van der Waals surface area contributed by atoms with Gasteiger partial charge in [0.25, 0.3) is 0 Å². The molecule has 32 heavy (non-hydrogen) atoms. The van der Waals surface area contributed by atoms with Gasteiger partial charge >= 0.3 is 5.56 Å². The number of aromatic nitrogens is 4. The number of aryl methyl sites for hydroxylation is 1. The third-order valence-electron chi connectivity index (χ3n) is 5.30. The molecule has 1 atom stereocenters. The normalized spacial score (nSPS) is 12.1. The molecule has 4 aromatic rings. The van der Waals surface area contributed by atoms with Gasteiger partial charge in [-0.25, -0.2) is 4.39 Å². The Kier molecular flexibility index (Phi) is 6.11. The molecule has 7 nitrogen and oxygen atoms in total. The van der Waals surface area contributed by atoms with Gasteiger partial charge in [0.05, 0.1) is 5.69 Å². The molecule has 0 unspecified atom stereocenters. The van der Waals surface area contributed by atoms with Gasteiger partial charge in [-0.3, -0.25) is 18.6 Å². The molecule has 2 aromatic heterocycles. The zero-order valence-electron chi connectivity index (χ0n) is 18.0. The molecule has 164 valence electrons. The molecule has 8 heteroatoms. The summed E-state index contributed by atoms with van der Waals surface area (Å²) in [6.45, 7) is 4.47. The maximum Gasteiger partial charge on any atom is 0.300 e. The summed E-state index contributed by atoms with van der Waals surface area (Å²) in [5.74, 6) is 0.139. The van der Waals surface area contributed by atoms with E-state index in [2.05, 4.69) is 15.5 Å². The van der Waals surface area contributed by atoms with Crippen LogP contribution in [0.2, 0.25) is 0 Å². The maximum absolute atomic E-state index is 13.5. The van der Waals surface area contributed by atoms with Crippen molar-refractivity contribution in [3.8, 4) is 5.69 Å². The minimum absolute atomic E-state index is 0.00562. The van der Waals surface area contributed by atoms with E-state index < -0.39 is 5.82 Å². The molecule has 0 fully saturated rings. The first-order valence-corrected chi connectivity index (χ1v) is 10.4. The molecule has 0 saturated carbocycles. The monoisotopic (exact) mass is 433 g/mol. The van der Waals surface area contributed by atoms with Crippen molar-refractivity contribution in [2.24, 2.45) is 5.92 Å². The van der Waals surface area contributed by atoms with Crippen LogP contribution in [-0.2, 0) is 17.8 Å². The number of carbonyl (C=O) groups is 1. The van der Waals surface area contributed by atoms with Crippen molar-refractivity contribution in [1.29, 1.82) is 0 Å². The summed E-state index contributed by atoms with van der Waals surface area (Å²) < 4.78 is 16.5. The van der Waals surface area contributed by atoms with Crippen LogP contribution in [0.15, 0.2) is 65.7 Å². The third kappa shape index (κ3) is 4.74. The van der Waals surface area contributed by atoms with E-state index in [0.717, 1.165) is 5.56 Å². The molecule has 0 aliphatic heterocycles.